The Hall–Kier alpha value is -0.490. The van der Waals surface area contributed by atoms with Gasteiger partial charge in [-0.05, 0) is 20.4 Å². The van der Waals surface area contributed by atoms with E-state index in [1.165, 1.54) is 6.33 Å². The van der Waals surface area contributed by atoms with Crippen molar-refractivity contribution in [3.63, 3.8) is 0 Å². The zero-order chi connectivity index (χ0) is 9.52. The Morgan fingerprint density at radius 2 is 2.07 bits per heavy atom. The molecule has 1 heterocycles. The molecule has 0 unspecified atom stereocenters. The lowest BCUT2D eigenvalue weighted by atomic mass is 10.2. The van der Waals surface area contributed by atoms with Gasteiger partial charge in [0.05, 0.1) is 0 Å². The van der Waals surface area contributed by atoms with Gasteiger partial charge in [0.25, 0.3) is 0 Å². The van der Waals surface area contributed by atoms with Crippen LogP contribution in [-0.2, 0) is 0 Å². The molecule has 3 nitrogen and oxygen atoms in total. The first-order valence-electron chi connectivity index (χ1n) is 4.41. The van der Waals surface area contributed by atoms with E-state index < -0.39 is 0 Å². The summed E-state index contributed by atoms with van der Waals surface area (Å²) >= 11 is 0. The SMILES string of the molecule is CN[C@H](C)CC=Cc1cncnc1.I. The molecule has 1 rings (SSSR count). The Labute approximate surface area is 102 Å². The van der Waals surface area contributed by atoms with Crippen LogP contribution in [0.2, 0.25) is 0 Å². The van der Waals surface area contributed by atoms with Gasteiger partial charge in [-0.15, -0.1) is 24.0 Å². The van der Waals surface area contributed by atoms with Crippen LogP contribution in [0.15, 0.2) is 24.8 Å². The summed E-state index contributed by atoms with van der Waals surface area (Å²) in [5.41, 5.74) is 1.05. The van der Waals surface area contributed by atoms with E-state index in [4.69, 9.17) is 0 Å². The molecule has 0 fully saturated rings. The highest BCUT2D eigenvalue weighted by Crippen LogP contribution is 1.99. The maximum Gasteiger partial charge on any atom is 0.115 e. The number of rotatable bonds is 4. The Morgan fingerprint density at radius 1 is 1.43 bits per heavy atom. The van der Waals surface area contributed by atoms with Crippen molar-refractivity contribution in [3.05, 3.63) is 30.4 Å². The van der Waals surface area contributed by atoms with E-state index in [-0.39, 0.29) is 24.0 Å². The van der Waals surface area contributed by atoms with Crippen molar-refractivity contribution in [3.8, 4) is 0 Å². The molecule has 0 bridgehead atoms. The third kappa shape index (κ3) is 5.29. The molecule has 14 heavy (non-hydrogen) atoms. The van der Waals surface area contributed by atoms with Crippen LogP contribution >= 0.6 is 24.0 Å². The topological polar surface area (TPSA) is 37.8 Å². The molecule has 1 aromatic heterocycles. The summed E-state index contributed by atoms with van der Waals surface area (Å²) in [6, 6.07) is 0.515. The number of hydrogen-bond donors (Lipinski definition) is 1. The maximum absolute atomic E-state index is 3.92. The summed E-state index contributed by atoms with van der Waals surface area (Å²) in [4.78, 5) is 7.85. The first kappa shape index (κ1) is 13.5. The fraction of sp³-hybridized carbons (Fsp3) is 0.400. The Bertz CT molecular complexity index is 261. The minimum Gasteiger partial charge on any atom is -0.317 e. The van der Waals surface area contributed by atoms with E-state index in [0.29, 0.717) is 6.04 Å². The van der Waals surface area contributed by atoms with E-state index in [1.807, 2.05) is 13.1 Å². The quantitative estimate of drug-likeness (QED) is 0.866. The average molecular weight is 305 g/mol. The molecule has 0 saturated heterocycles. The van der Waals surface area contributed by atoms with Crippen LogP contribution in [0.4, 0.5) is 0 Å². The summed E-state index contributed by atoms with van der Waals surface area (Å²) in [6.45, 7) is 2.14. The van der Waals surface area contributed by atoms with Gasteiger partial charge < -0.3 is 5.32 Å². The number of aromatic nitrogens is 2. The van der Waals surface area contributed by atoms with Crippen LogP contribution < -0.4 is 5.32 Å². The van der Waals surface area contributed by atoms with Gasteiger partial charge in [-0.3, -0.25) is 0 Å². The molecular weight excluding hydrogens is 289 g/mol. The lowest BCUT2D eigenvalue weighted by molar-refractivity contribution is 0.621. The predicted octanol–water partition coefficient (Wildman–Crippen LogP) is 2.11. The van der Waals surface area contributed by atoms with Crippen molar-refractivity contribution in [2.45, 2.75) is 19.4 Å². The average Bonchev–Trinajstić information content (AvgIpc) is 2.19. The molecule has 0 radical (unpaired) electrons. The van der Waals surface area contributed by atoms with E-state index in [9.17, 15) is 0 Å². The third-order valence-electron chi connectivity index (χ3n) is 1.87. The zero-order valence-corrected chi connectivity index (χ0v) is 10.8. The Morgan fingerprint density at radius 3 is 2.64 bits per heavy atom. The summed E-state index contributed by atoms with van der Waals surface area (Å²) in [5.74, 6) is 0. The minimum absolute atomic E-state index is 0. The molecule has 1 N–H and O–H groups in total. The van der Waals surface area contributed by atoms with Crippen molar-refractivity contribution in [1.82, 2.24) is 15.3 Å². The summed E-state index contributed by atoms with van der Waals surface area (Å²) < 4.78 is 0. The van der Waals surface area contributed by atoms with Gasteiger partial charge in [-0.1, -0.05) is 12.2 Å². The first-order chi connectivity index (χ1) is 6.33. The van der Waals surface area contributed by atoms with Crippen molar-refractivity contribution in [2.75, 3.05) is 7.05 Å². The molecule has 78 valence electrons. The summed E-state index contributed by atoms with van der Waals surface area (Å²) in [6.07, 6.45) is 10.3. The van der Waals surface area contributed by atoms with Crippen LogP contribution in [0.1, 0.15) is 18.9 Å². The lowest BCUT2D eigenvalue weighted by Crippen LogP contribution is -2.19. The second-order valence-electron chi connectivity index (χ2n) is 3.00. The second-order valence-corrected chi connectivity index (χ2v) is 3.00. The van der Waals surface area contributed by atoms with Crippen LogP contribution in [0.25, 0.3) is 6.08 Å². The second kappa shape index (κ2) is 7.87. The standard InChI is InChI=1S/C10H15N3.HI/c1-9(11-2)4-3-5-10-6-12-8-13-7-10;/h3,5-9,11H,4H2,1-2H3;1H/t9-;/m1./s1. The van der Waals surface area contributed by atoms with Crippen molar-refractivity contribution in [1.29, 1.82) is 0 Å². The number of nitrogens with zero attached hydrogens (tertiary/aromatic N) is 2. The van der Waals surface area contributed by atoms with Gasteiger partial charge in [-0.25, -0.2) is 9.97 Å². The minimum atomic E-state index is 0. The van der Waals surface area contributed by atoms with E-state index in [2.05, 4.69) is 28.3 Å². The third-order valence-corrected chi connectivity index (χ3v) is 1.87. The number of nitrogens with one attached hydrogen (secondary N) is 1. The molecule has 0 aliphatic carbocycles. The normalized spacial score (nSPS) is 12.4. The Kier molecular flexibility index (Phi) is 7.60. The van der Waals surface area contributed by atoms with E-state index >= 15 is 0 Å². The largest absolute Gasteiger partial charge is 0.317 e. The first-order valence-corrected chi connectivity index (χ1v) is 4.41. The van der Waals surface area contributed by atoms with Crippen molar-refractivity contribution >= 4 is 30.1 Å². The summed E-state index contributed by atoms with van der Waals surface area (Å²) in [5, 5.41) is 3.17. The highest BCUT2D eigenvalue weighted by molar-refractivity contribution is 14.0. The molecule has 0 amide bonds. The van der Waals surface area contributed by atoms with Crippen LogP contribution in [0, 0.1) is 0 Å². The molecule has 0 spiro atoms. The van der Waals surface area contributed by atoms with Gasteiger partial charge in [0.15, 0.2) is 0 Å². The molecule has 4 heteroatoms. The zero-order valence-electron chi connectivity index (χ0n) is 8.47. The molecule has 1 aromatic rings. The predicted molar refractivity (Wildman–Crippen MR) is 69.6 cm³/mol. The highest BCUT2D eigenvalue weighted by Gasteiger charge is 1.92. The van der Waals surface area contributed by atoms with Crippen molar-refractivity contribution in [2.24, 2.45) is 0 Å². The van der Waals surface area contributed by atoms with Crippen LogP contribution in [0.5, 0.6) is 0 Å². The van der Waals surface area contributed by atoms with Gasteiger partial charge in [0, 0.05) is 24.0 Å². The lowest BCUT2D eigenvalue weighted by Gasteiger charge is -2.04. The van der Waals surface area contributed by atoms with Crippen LogP contribution in [-0.4, -0.2) is 23.1 Å². The molecule has 0 aromatic carbocycles. The molecular formula is C10H16IN3. The molecule has 0 saturated carbocycles. The molecule has 1 atom stereocenters. The molecule has 0 aliphatic rings. The summed E-state index contributed by atoms with van der Waals surface area (Å²) in [7, 11) is 1.96. The fourth-order valence-electron chi connectivity index (χ4n) is 0.923. The van der Waals surface area contributed by atoms with Gasteiger partial charge in [0.2, 0.25) is 0 Å². The van der Waals surface area contributed by atoms with E-state index in [1.54, 1.807) is 12.4 Å². The van der Waals surface area contributed by atoms with E-state index in [0.717, 1.165) is 12.0 Å². The fourth-order valence-corrected chi connectivity index (χ4v) is 0.923. The molecule has 0 aliphatic heterocycles. The van der Waals surface area contributed by atoms with Crippen LogP contribution in [0.3, 0.4) is 0 Å². The number of halogens is 1. The maximum atomic E-state index is 3.92. The van der Waals surface area contributed by atoms with Gasteiger partial charge in [-0.2, -0.15) is 0 Å². The monoisotopic (exact) mass is 305 g/mol. The van der Waals surface area contributed by atoms with Gasteiger partial charge in [0.1, 0.15) is 6.33 Å². The van der Waals surface area contributed by atoms with Gasteiger partial charge >= 0.3 is 0 Å². The van der Waals surface area contributed by atoms with Crippen molar-refractivity contribution < 1.29 is 0 Å². The Balaban J connectivity index is 0.00000169. The number of hydrogen-bond acceptors (Lipinski definition) is 3. The highest BCUT2D eigenvalue weighted by atomic mass is 127. The smallest absolute Gasteiger partial charge is 0.115 e.